The van der Waals surface area contributed by atoms with Gasteiger partial charge >= 0.3 is 0 Å². The smallest absolute Gasteiger partial charge is 0.224 e. The minimum Gasteiger partial charge on any atom is -0.493 e. The molecule has 0 aliphatic heterocycles. The molecule has 0 saturated carbocycles. The number of hydrogen-bond donors (Lipinski definition) is 1. The molecule has 2 rings (SSSR count). The molecule has 234 valence electrons. The van der Waals surface area contributed by atoms with E-state index in [1.54, 1.807) is 24.3 Å². The number of amides is 1. The van der Waals surface area contributed by atoms with E-state index < -0.39 is 0 Å². The van der Waals surface area contributed by atoms with Gasteiger partial charge in [-0.15, -0.1) is 0 Å². The van der Waals surface area contributed by atoms with E-state index >= 15 is 0 Å². The molecule has 0 radical (unpaired) electrons. The number of anilines is 1. The molecular formula is C30H45N3O8S. The molecule has 0 unspecified atom stereocenters. The summed E-state index contributed by atoms with van der Waals surface area (Å²) < 4.78 is 32.0. The lowest BCUT2D eigenvalue weighted by Gasteiger charge is -2.22. The van der Waals surface area contributed by atoms with Crippen molar-refractivity contribution in [3.05, 3.63) is 29.8 Å². The number of hydrogen-bond acceptors (Lipinski definition) is 11. The molecule has 0 heterocycles. The molecule has 0 fully saturated rings. The molecule has 0 aliphatic carbocycles. The summed E-state index contributed by atoms with van der Waals surface area (Å²) in [7, 11) is 13.3. The minimum atomic E-state index is -0.0756. The van der Waals surface area contributed by atoms with Gasteiger partial charge in [0.1, 0.15) is 0 Å². The lowest BCUT2D eigenvalue weighted by molar-refractivity contribution is -0.116. The summed E-state index contributed by atoms with van der Waals surface area (Å²) in [5.41, 5.74) is 1.11. The number of benzene rings is 2. The summed E-state index contributed by atoms with van der Waals surface area (Å²) >= 11 is 1.28. The van der Waals surface area contributed by atoms with Crippen molar-refractivity contribution >= 4 is 28.5 Å². The van der Waals surface area contributed by atoms with Gasteiger partial charge in [0.05, 0.1) is 42.7 Å². The zero-order valence-electron chi connectivity index (χ0n) is 26.0. The fourth-order valence-corrected chi connectivity index (χ4v) is 4.98. The fourth-order valence-electron chi connectivity index (χ4n) is 4.23. The van der Waals surface area contributed by atoms with E-state index in [1.165, 1.54) is 54.4 Å². The predicted octanol–water partition coefficient (Wildman–Crippen LogP) is 4.28. The highest BCUT2D eigenvalue weighted by Crippen LogP contribution is 2.40. The highest BCUT2D eigenvalue weighted by molar-refractivity contribution is 8.14. The van der Waals surface area contributed by atoms with Crippen molar-refractivity contribution < 1.29 is 38.0 Å². The molecule has 0 aliphatic rings. The van der Waals surface area contributed by atoms with Gasteiger partial charge in [-0.2, -0.15) is 0 Å². The Morgan fingerprint density at radius 1 is 0.667 bits per heavy atom. The third-order valence-corrected chi connectivity index (χ3v) is 7.56. The molecule has 0 aromatic heterocycles. The Bertz CT molecular complexity index is 1110. The second kappa shape index (κ2) is 18.2. The van der Waals surface area contributed by atoms with E-state index in [4.69, 9.17) is 28.4 Å². The average Bonchev–Trinajstić information content (AvgIpc) is 3.00. The maximum absolute atomic E-state index is 12.7. The van der Waals surface area contributed by atoms with Gasteiger partial charge in [0, 0.05) is 48.6 Å². The summed E-state index contributed by atoms with van der Waals surface area (Å²) in [6.45, 7) is 3.44. The van der Waals surface area contributed by atoms with Crippen LogP contribution in [0.1, 0.15) is 29.6 Å². The van der Waals surface area contributed by atoms with E-state index in [0.717, 1.165) is 39.0 Å². The Balaban J connectivity index is 1.67. The Kier molecular flexibility index (Phi) is 15.1. The molecule has 0 atom stereocenters. The number of ether oxygens (including phenoxy) is 6. The van der Waals surface area contributed by atoms with Crippen molar-refractivity contribution in [1.29, 1.82) is 0 Å². The second-order valence-electron chi connectivity index (χ2n) is 9.58. The number of likely N-dealkylation sites (N-methyl/N-ethyl adjacent to an activating group) is 2. The van der Waals surface area contributed by atoms with Gasteiger partial charge in [-0.3, -0.25) is 9.59 Å². The molecule has 0 saturated heterocycles. The van der Waals surface area contributed by atoms with Crippen LogP contribution in [0.2, 0.25) is 0 Å². The van der Waals surface area contributed by atoms with Crippen LogP contribution in [-0.4, -0.2) is 110 Å². The first-order chi connectivity index (χ1) is 20.2. The minimum absolute atomic E-state index is 0.0362. The Morgan fingerprint density at radius 2 is 1.12 bits per heavy atom. The van der Waals surface area contributed by atoms with Gasteiger partial charge in [0.25, 0.3) is 0 Å². The first kappa shape index (κ1) is 34.8. The summed E-state index contributed by atoms with van der Waals surface area (Å²) in [6.07, 6.45) is 2.01. The molecule has 12 heteroatoms. The quantitative estimate of drug-likeness (QED) is 0.231. The Morgan fingerprint density at radius 3 is 1.57 bits per heavy atom. The van der Waals surface area contributed by atoms with Crippen molar-refractivity contribution in [2.45, 2.75) is 19.3 Å². The molecule has 1 N–H and O–H groups in total. The summed E-state index contributed by atoms with van der Waals surface area (Å²) in [4.78, 5) is 29.7. The van der Waals surface area contributed by atoms with Crippen LogP contribution in [0.25, 0.3) is 0 Å². The van der Waals surface area contributed by atoms with Crippen molar-refractivity contribution in [3.8, 4) is 34.5 Å². The molecular weight excluding hydrogens is 562 g/mol. The van der Waals surface area contributed by atoms with Crippen LogP contribution in [0, 0.1) is 0 Å². The lowest BCUT2D eigenvalue weighted by atomic mass is 10.2. The molecule has 1 amide bonds. The van der Waals surface area contributed by atoms with Crippen LogP contribution in [0.15, 0.2) is 24.3 Å². The number of nitrogens with one attached hydrogen (secondary N) is 1. The molecule has 2 aromatic rings. The van der Waals surface area contributed by atoms with E-state index in [1.807, 2.05) is 0 Å². The maximum atomic E-state index is 12.7. The maximum Gasteiger partial charge on any atom is 0.224 e. The summed E-state index contributed by atoms with van der Waals surface area (Å²) in [5.74, 6) is 3.47. The van der Waals surface area contributed by atoms with Crippen molar-refractivity contribution in [1.82, 2.24) is 9.80 Å². The van der Waals surface area contributed by atoms with Gasteiger partial charge in [-0.25, -0.2) is 0 Å². The van der Waals surface area contributed by atoms with Gasteiger partial charge in [0.15, 0.2) is 23.0 Å². The zero-order chi connectivity index (χ0) is 31.1. The van der Waals surface area contributed by atoms with Crippen LogP contribution >= 0.6 is 11.8 Å². The van der Waals surface area contributed by atoms with Crippen molar-refractivity contribution in [2.75, 3.05) is 94.0 Å². The monoisotopic (exact) mass is 607 g/mol. The third kappa shape index (κ3) is 10.5. The van der Waals surface area contributed by atoms with Crippen LogP contribution < -0.4 is 33.7 Å². The van der Waals surface area contributed by atoms with E-state index in [-0.39, 0.29) is 11.0 Å². The standard InChI is InChI=1S/C30H45N3O8S/c1-32(12-9-11-27(34)31-22-19-25(38-5)29(41-8)26(20-22)39-6)14-15-33(2)13-10-16-42-30(35)21-17-23(36-3)28(40-7)24(18-21)37-4/h17-20H,9-16H2,1-8H3,(H,31,34). The van der Waals surface area contributed by atoms with Gasteiger partial charge < -0.3 is 43.5 Å². The average molecular weight is 608 g/mol. The van der Waals surface area contributed by atoms with Gasteiger partial charge in [-0.1, -0.05) is 11.8 Å². The molecule has 42 heavy (non-hydrogen) atoms. The molecule has 2 aromatic carbocycles. The Hall–Kier alpha value is -3.35. The van der Waals surface area contributed by atoms with Crippen LogP contribution in [-0.2, 0) is 4.79 Å². The largest absolute Gasteiger partial charge is 0.493 e. The van der Waals surface area contributed by atoms with E-state index in [9.17, 15) is 9.59 Å². The van der Waals surface area contributed by atoms with E-state index in [0.29, 0.717) is 57.9 Å². The van der Waals surface area contributed by atoms with Crippen LogP contribution in [0.3, 0.4) is 0 Å². The fraction of sp³-hybridized carbons (Fsp3) is 0.533. The molecule has 11 nitrogen and oxygen atoms in total. The second-order valence-corrected chi connectivity index (χ2v) is 10.6. The predicted molar refractivity (Wildman–Crippen MR) is 166 cm³/mol. The Labute approximate surface area is 253 Å². The number of rotatable bonds is 19. The lowest BCUT2D eigenvalue weighted by Crippen LogP contribution is -2.32. The first-order valence-electron chi connectivity index (χ1n) is 13.6. The summed E-state index contributed by atoms with van der Waals surface area (Å²) in [5, 5.41) is 2.87. The van der Waals surface area contributed by atoms with Crippen LogP contribution in [0.4, 0.5) is 5.69 Å². The normalized spacial score (nSPS) is 10.9. The highest BCUT2D eigenvalue weighted by Gasteiger charge is 2.18. The summed E-state index contributed by atoms with van der Waals surface area (Å²) in [6, 6.07) is 6.78. The molecule has 0 spiro atoms. The highest BCUT2D eigenvalue weighted by atomic mass is 32.2. The number of carbonyl (C=O) groups is 2. The third-order valence-electron chi connectivity index (χ3n) is 6.57. The van der Waals surface area contributed by atoms with Gasteiger partial charge in [-0.05, 0) is 52.2 Å². The number of nitrogens with zero attached hydrogens (tertiary/aromatic N) is 2. The number of thioether (sulfide) groups is 1. The SMILES string of the molecule is COc1cc(NC(=O)CCCN(C)CCN(C)CCCSC(=O)c2cc(OC)c(OC)c(OC)c2)cc(OC)c1OC. The van der Waals surface area contributed by atoms with Crippen molar-refractivity contribution in [2.24, 2.45) is 0 Å². The topological polar surface area (TPSA) is 108 Å². The van der Waals surface area contributed by atoms with Gasteiger partial charge in [0.2, 0.25) is 22.5 Å². The van der Waals surface area contributed by atoms with Crippen LogP contribution in [0.5, 0.6) is 34.5 Å². The van der Waals surface area contributed by atoms with E-state index in [2.05, 4.69) is 29.2 Å². The first-order valence-corrected chi connectivity index (χ1v) is 14.6. The zero-order valence-corrected chi connectivity index (χ0v) is 26.9. The molecule has 0 bridgehead atoms. The number of carbonyl (C=O) groups excluding carboxylic acids is 2. The van der Waals surface area contributed by atoms with Crippen molar-refractivity contribution in [3.63, 3.8) is 0 Å². The number of methoxy groups -OCH3 is 6.